The number of nitriles is 1. The van der Waals surface area contributed by atoms with Gasteiger partial charge in [0, 0.05) is 5.75 Å². The number of carbonyl (C=O) groups is 1. The predicted octanol–water partition coefficient (Wildman–Crippen LogP) is 0.416. The Bertz CT molecular complexity index is 129. The Morgan fingerprint density at radius 2 is 2.56 bits per heavy atom. The number of hydrogen-bond donors (Lipinski definition) is 0. The average molecular weight is 145 g/mol. The zero-order valence-corrected chi connectivity index (χ0v) is 5.90. The van der Waals surface area contributed by atoms with Crippen LogP contribution in [0.1, 0.15) is 0 Å². The van der Waals surface area contributed by atoms with E-state index in [0.29, 0.717) is 6.61 Å². The SMILES string of the molecule is CSCCOC(=O)C#N. The Kier molecular flexibility index (Phi) is 5.03. The molecule has 0 N–H and O–H groups in total. The Hall–Kier alpha value is -0.690. The first-order valence-electron chi connectivity index (χ1n) is 2.37. The largest absolute Gasteiger partial charge is 0.454 e. The first-order chi connectivity index (χ1) is 4.31. The van der Waals surface area contributed by atoms with Gasteiger partial charge in [0.05, 0.1) is 0 Å². The molecule has 0 amide bonds. The van der Waals surface area contributed by atoms with Crippen LogP contribution in [0.5, 0.6) is 0 Å². The molecule has 0 aliphatic rings. The topological polar surface area (TPSA) is 50.1 Å². The minimum absolute atomic E-state index is 0.327. The van der Waals surface area contributed by atoms with Crippen LogP contribution in [0.25, 0.3) is 0 Å². The van der Waals surface area contributed by atoms with E-state index in [4.69, 9.17) is 5.26 Å². The molecular weight excluding hydrogens is 138 g/mol. The maximum atomic E-state index is 10.1. The maximum Gasteiger partial charge on any atom is 0.411 e. The van der Waals surface area contributed by atoms with Gasteiger partial charge in [0.1, 0.15) is 6.61 Å². The molecule has 0 aromatic heterocycles. The van der Waals surface area contributed by atoms with Crippen molar-refractivity contribution in [2.75, 3.05) is 18.6 Å². The quantitative estimate of drug-likeness (QED) is 0.328. The minimum atomic E-state index is -0.802. The van der Waals surface area contributed by atoms with Gasteiger partial charge in [0.25, 0.3) is 0 Å². The molecule has 3 nitrogen and oxygen atoms in total. The maximum absolute atomic E-state index is 10.1. The van der Waals surface area contributed by atoms with Crippen molar-refractivity contribution in [3.63, 3.8) is 0 Å². The van der Waals surface area contributed by atoms with Crippen molar-refractivity contribution in [1.29, 1.82) is 5.26 Å². The Labute approximate surface area is 58.0 Å². The van der Waals surface area contributed by atoms with Gasteiger partial charge in [-0.1, -0.05) is 0 Å². The molecule has 0 aromatic rings. The summed E-state index contributed by atoms with van der Waals surface area (Å²) in [7, 11) is 0. The Morgan fingerprint density at radius 3 is 3.00 bits per heavy atom. The zero-order chi connectivity index (χ0) is 7.11. The first-order valence-corrected chi connectivity index (χ1v) is 3.76. The smallest absolute Gasteiger partial charge is 0.411 e. The normalized spacial score (nSPS) is 8.00. The van der Waals surface area contributed by atoms with Crippen LogP contribution in [-0.2, 0) is 9.53 Å². The van der Waals surface area contributed by atoms with E-state index in [2.05, 4.69) is 4.74 Å². The highest BCUT2D eigenvalue weighted by molar-refractivity contribution is 7.98. The lowest BCUT2D eigenvalue weighted by Gasteiger charge is -1.94. The summed E-state index contributed by atoms with van der Waals surface area (Å²) in [6.45, 7) is 0.327. The van der Waals surface area contributed by atoms with Crippen LogP contribution in [0.2, 0.25) is 0 Å². The summed E-state index contributed by atoms with van der Waals surface area (Å²) in [5.74, 6) is -0.0583. The lowest BCUT2D eigenvalue weighted by Crippen LogP contribution is -2.03. The fourth-order valence-corrected chi connectivity index (χ4v) is 0.500. The van der Waals surface area contributed by atoms with Gasteiger partial charge >= 0.3 is 5.97 Å². The fourth-order valence-electron chi connectivity index (χ4n) is 0.250. The van der Waals surface area contributed by atoms with Crippen molar-refractivity contribution in [3.8, 4) is 6.07 Å². The Morgan fingerprint density at radius 1 is 1.89 bits per heavy atom. The van der Waals surface area contributed by atoms with Gasteiger partial charge < -0.3 is 4.74 Å². The van der Waals surface area contributed by atoms with Crippen LogP contribution in [0.3, 0.4) is 0 Å². The van der Waals surface area contributed by atoms with E-state index in [9.17, 15) is 4.79 Å². The number of thioether (sulfide) groups is 1. The molecule has 0 unspecified atom stereocenters. The van der Waals surface area contributed by atoms with Crippen molar-refractivity contribution < 1.29 is 9.53 Å². The molecule has 0 radical (unpaired) electrons. The van der Waals surface area contributed by atoms with Crippen molar-refractivity contribution in [2.24, 2.45) is 0 Å². The molecule has 50 valence electrons. The van der Waals surface area contributed by atoms with Gasteiger partial charge in [-0.25, -0.2) is 4.79 Å². The van der Waals surface area contributed by atoms with Crippen LogP contribution in [0.4, 0.5) is 0 Å². The highest BCUT2D eigenvalue weighted by Crippen LogP contribution is 1.89. The van der Waals surface area contributed by atoms with Crippen molar-refractivity contribution in [3.05, 3.63) is 0 Å². The van der Waals surface area contributed by atoms with Crippen LogP contribution < -0.4 is 0 Å². The first kappa shape index (κ1) is 8.31. The molecule has 0 fully saturated rings. The molecular formula is C5H7NO2S. The van der Waals surface area contributed by atoms with Gasteiger partial charge in [-0.3, -0.25) is 0 Å². The van der Waals surface area contributed by atoms with E-state index in [1.807, 2.05) is 6.26 Å². The molecule has 0 spiro atoms. The number of esters is 1. The number of hydrogen-bond acceptors (Lipinski definition) is 4. The molecule has 0 aliphatic heterocycles. The second kappa shape index (κ2) is 5.45. The summed E-state index contributed by atoms with van der Waals surface area (Å²) in [5, 5.41) is 7.90. The summed E-state index contributed by atoms with van der Waals surface area (Å²) in [6, 6.07) is 1.35. The monoisotopic (exact) mass is 145 g/mol. The van der Waals surface area contributed by atoms with Crippen molar-refractivity contribution in [1.82, 2.24) is 0 Å². The molecule has 9 heavy (non-hydrogen) atoms. The van der Waals surface area contributed by atoms with E-state index >= 15 is 0 Å². The third-order valence-electron chi connectivity index (χ3n) is 0.612. The molecule has 0 rings (SSSR count). The number of carbonyl (C=O) groups excluding carboxylic acids is 1. The summed E-state index contributed by atoms with van der Waals surface area (Å²) in [6.07, 6.45) is 1.90. The Balaban J connectivity index is 3.10. The highest BCUT2D eigenvalue weighted by Gasteiger charge is 1.95. The second-order valence-electron chi connectivity index (χ2n) is 1.24. The van der Waals surface area contributed by atoms with E-state index in [1.165, 1.54) is 6.07 Å². The molecule has 0 bridgehead atoms. The lowest BCUT2D eigenvalue weighted by atomic mass is 10.7. The highest BCUT2D eigenvalue weighted by atomic mass is 32.2. The third kappa shape index (κ3) is 5.18. The van der Waals surface area contributed by atoms with Gasteiger partial charge in [0.15, 0.2) is 6.07 Å². The van der Waals surface area contributed by atoms with E-state index in [1.54, 1.807) is 11.8 Å². The molecule has 0 saturated heterocycles. The van der Waals surface area contributed by atoms with Crippen LogP contribution in [-0.4, -0.2) is 24.6 Å². The number of ether oxygens (including phenoxy) is 1. The summed E-state index contributed by atoms with van der Waals surface area (Å²) < 4.78 is 4.41. The predicted molar refractivity (Wildman–Crippen MR) is 35.0 cm³/mol. The van der Waals surface area contributed by atoms with Gasteiger partial charge in [-0.2, -0.15) is 17.0 Å². The van der Waals surface area contributed by atoms with E-state index < -0.39 is 5.97 Å². The minimum Gasteiger partial charge on any atom is -0.454 e. The van der Waals surface area contributed by atoms with E-state index in [-0.39, 0.29) is 0 Å². The average Bonchev–Trinajstić information content (AvgIpc) is 1.89. The fraction of sp³-hybridized carbons (Fsp3) is 0.600. The summed E-state index contributed by atoms with van der Waals surface area (Å²) >= 11 is 1.57. The molecule has 0 aliphatic carbocycles. The summed E-state index contributed by atoms with van der Waals surface area (Å²) in [5.41, 5.74) is 0. The molecule has 0 atom stereocenters. The second-order valence-corrected chi connectivity index (χ2v) is 2.23. The van der Waals surface area contributed by atoms with Gasteiger partial charge in [-0.15, -0.1) is 0 Å². The molecule has 0 heterocycles. The van der Waals surface area contributed by atoms with Gasteiger partial charge in [0.2, 0.25) is 0 Å². The lowest BCUT2D eigenvalue weighted by molar-refractivity contribution is -0.136. The zero-order valence-electron chi connectivity index (χ0n) is 5.09. The number of nitrogens with zero attached hydrogens (tertiary/aromatic N) is 1. The number of rotatable bonds is 3. The molecule has 4 heteroatoms. The van der Waals surface area contributed by atoms with Crippen LogP contribution in [0, 0.1) is 11.3 Å². The molecule has 0 aromatic carbocycles. The van der Waals surface area contributed by atoms with Crippen molar-refractivity contribution in [2.45, 2.75) is 0 Å². The molecule has 0 saturated carbocycles. The third-order valence-corrected chi connectivity index (χ3v) is 1.19. The van der Waals surface area contributed by atoms with Crippen molar-refractivity contribution >= 4 is 17.7 Å². The van der Waals surface area contributed by atoms with Gasteiger partial charge in [-0.05, 0) is 6.26 Å². The van der Waals surface area contributed by atoms with Crippen LogP contribution in [0.15, 0.2) is 0 Å². The van der Waals surface area contributed by atoms with E-state index in [0.717, 1.165) is 5.75 Å². The van der Waals surface area contributed by atoms with Crippen LogP contribution >= 0.6 is 11.8 Å². The standard InChI is InChI=1S/C5H7NO2S/c1-9-3-2-8-5(7)4-6/h2-3H2,1H3. The summed E-state index contributed by atoms with van der Waals surface area (Å²) in [4.78, 5) is 10.1.